The van der Waals surface area contributed by atoms with Crippen molar-refractivity contribution in [3.8, 4) is 5.75 Å². The lowest BCUT2D eigenvalue weighted by atomic mass is 10.0. The molecule has 4 nitrogen and oxygen atoms in total. The van der Waals surface area contributed by atoms with Crippen LogP contribution in [0.5, 0.6) is 5.75 Å². The lowest BCUT2D eigenvalue weighted by molar-refractivity contribution is -0.134. The summed E-state index contributed by atoms with van der Waals surface area (Å²) >= 11 is 0. The Balaban J connectivity index is 1.77. The second-order valence-corrected chi connectivity index (χ2v) is 5.41. The van der Waals surface area contributed by atoms with E-state index in [-0.39, 0.29) is 11.9 Å². The molecule has 1 fully saturated rings. The number of fused-ring (bicyclic) bond motifs is 1. The molecule has 1 N–H and O–H groups in total. The molecule has 0 bridgehead atoms. The van der Waals surface area contributed by atoms with E-state index in [1.54, 1.807) is 0 Å². The van der Waals surface area contributed by atoms with Crippen LogP contribution in [0.15, 0.2) is 24.3 Å². The van der Waals surface area contributed by atoms with E-state index < -0.39 is 0 Å². The quantitative estimate of drug-likeness (QED) is 0.830. The molecule has 102 valence electrons. The summed E-state index contributed by atoms with van der Waals surface area (Å²) in [6.45, 7) is 4.98. The third kappa shape index (κ3) is 2.45. The number of hydrogen-bond acceptors (Lipinski definition) is 3. The first-order valence-corrected chi connectivity index (χ1v) is 6.98. The molecule has 2 aliphatic rings. The average Bonchev–Trinajstić information content (AvgIpc) is 2.73. The van der Waals surface area contributed by atoms with Crippen LogP contribution in [0.25, 0.3) is 0 Å². The Hall–Kier alpha value is -1.55. The Labute approximate surface area is 113 Å². The number of carbonyl (C=O) groups is 1. The van der Waals surface area contributed by atoms with E-state index in [1.807, 2.05) is 29.2 Å². The number of carbonyl (C=O) groups excluding carboxylic acids is 1. The van der Waals surface area contributed by atoms with Crippen molar-refractivity contribution in [3.05, 3.63) is 29.8 Å². The first kappa shape index (κ1) is 12.5. The molecule has 0 spiro atoms. The van der Waals surface area contributed by atoms with E-state index in [9.17, 15) is 4.79 Å². The van der Waals surface area contributed by atoms with Gasteiger partial charge in [0.1, 0.15) is 12.4 Å². The van der Waals surface area contributed by atoms with Gasteiger partial charge in [0.25, 0.3) is 0 Å². The molecule has 1 amide bonds. The van der Waals surface area contributed by atoms with Gasteiger partial charge in [-0.2, -0.15) is 0 Å². The van der Waals surface area contributed by atoms with E-state index in [1.165, 1.54) is 0 Å². The number of nitrogens with one attached hydrogen (secondary N) is 1. The van der Waals surface area contributed by atoms with Gasteiger partial charge < -0.3 is 15.0 Å². The summed E-state index contributed by atoms with van der Waals surface area (Å²) in [5.41, 5.74) is 1.10. The van der Waals surface area contributed by atoms with Crippen LogP contribution in [0.3, 0.4) is 0 Å². The zero-order chi connectivity index (χ0) is 13.2. The first-order chi connectivity index (χ1) is 9.25. The maximum atomic E-state index is 12.6. The van der Waals surface area contributed by atoms with Crippen LogP contribution in [0.2, 0.25) is 0 Å². The van der Waals surface area contributed by atoms with Crippen molar-refractivity contribution in [2.45, 2.75) is 25.9 Å². The summed E-state index contributed by atoms with van der Waals surface area (Å²) in [7, 11) is 0. The summed E-state index contributed by atoms with van der Waals surface area (Å²) in [5, 5.41) is 3.32. The topological polar surface area (TPSA) is 41.6 Å². The maximum absolute atomic E-state index is 12.6. The van der Waals surface area contributed by atoms with Crippen LogP contribution in [0.1, 0.15) is 18.9 Å². The summed E-state index contributed by atoms with van der Waals surface area (Å²) in [4.78, 5) is 14.5. The number of amides is 1. The number of para-hydroxylation sites is 1. The van der Waals surface area contributed by atoms with Gasteiger partial charge in [-0.3, -0.25) is 4.79 Å². The summed E-state index contributed by atoms with van der Waals surface area (Å²) < 4.78 is 5.70. The smallest absolute Gasteiger partial charge is 0.240 e. The van der Waals surface area contributed by atoms with E-state index in [2.05, 4.69) is 12.2 Å². The Morgan fingerprint density at radius 2 is 2.26 bits per heavy atom. The van der Waals surface area contributed by atoms with Crippen molar-refractivity contribution < 1.29 is 9.53 Å². The molecule has 2 heterocycles. The van der Waals surface area contributed by atoms with Gasteiger partial charge in [-0.1, -0.05) is 25.1 Å². The molecule has 2 unspecified atom stereocenters. The molecule has 4 heteroatoms. The largest absolute Gasteiger partial charge is 0.491 e. The second-order valence-electron chi connectivity index (χ2n) is 5.41. The second kappa shape index (κ2) is 5.21. The van der Waals surface area contributed by atoms with Crippen LogP contribution in [-0.2, 0) is 11.3 Å². The first-order valence-electron chi connectivity index (χ1n) is 6.98. The molecule has 2 aliphatic heterocycles. The predicted molar refractivity (Wildman–Crippen MR) is 72.9 cm³/mol. The molecule has 3 rings (SSSR count). The van der Waals surface area contributed by atoms with E-state index >= 15 is 0 Å². The van der Waals surface area contributed by atoms with E-state index in [0.29, 0.717) is 25.6 Å². The lowest BCUT2D eigenvalue weighted by Gasteiger charge is -2.25. The highest BCUT2D eigenvalue weighted by Gasteiger charge is 2.33. The minimum Gasteiger partial charge on any atom is -0.491 e. The number of benzene rings is 1. The van der Waals surface area contributed by atoms with Crippen molar-refractivity contribution in [2.75, 3.05) is 19.7 Å². The van der Waals surface area contributed by atoms with Gasteiger partial charge in [-0.15, -0.1) is 0 Å². The third-order valence-corrected chi connectivity index (χ3v) is 4.06. The third-order valence-electron chi connectivity index (χ3n) is 4.06. The molecule has 1 aromatic carbocycles. The van der Waals surface area contributed by atoms with Gasteiger partial charge in [0.05, 0.1) is 12.6 Å². The van der Waals surface area contributed by atoms with Crippen molar-refractivity contribution in [1.29, 1.82) is 0 Å². The van der Waals surface area contributed by atoms with E-state index in [4.69, 9.17) is 4.74 Å². The zero-order valence-corrected chi connectivity index (χ0v) is 11.3. The van der Waals surface area contributed by atoms with Crippen molar-refractivity contribution in [2.24, 2.45) is 5.92 Å². The molecule has 0 aromatic heterocycles. The van der Waals surface area contributed by atoms with Crippen LogP contribution < -0.4 is 10.1 Å². The highest BCUT2D eigenvalue weighted by molar-refractivity contribution is 5.82. The van der Waals surface area contributed by atoms with Gasteiger partial charge in [0.15, 0.2) is 0 Å². The van der Waals surface area contributed by atoms with Crippen molar-refractivity contribution in [1.82, 2.24) is 10.2 Å². The molecule has 2 atom stereocenters. The van der Waals surface area contributed by atoms with Gasteiger partial charge in [-0.25, -0.2) is 0 Å². The molecule has 1 saturated heterocycles. The van der Waals surface area contributed by atoms with Gasteiger partial charge >= 0.3 is 0 Å². The van der Waals surface area contributed by atoms with Crippen molar-refractivity contribution >= 4 is 5.91 Å². The molecule has 0 aliphatic carbocycles. The molecular formula is C15H20N2O2. The number of ether oxygens (including phenoxy) is 1. The molecule has 19 heavy (non-hydrogen) atoms. The zero-order valence-electron chi connectivity index (χ0n) is 11.3. The Morgan fingerprint density at radius 1 is 1.42 bits per heavy atom. The van der Waals surface area contributed by atoms with Crippen LogP contribution in [-0.4, -0.2) is 36.5 Å². The van der Waals surface area contributed by atoms with E-state index in [0.717, 1.165) is 24.3 Å². The lowest BCUT2D eigenvalue weighted by Crippen LogP contribution is -2.46. The highest BCUT2D eigenvalue weighted by Crippen LogP contribution is 2.24. The molecule has 0 radical (unpaired) electrons. The Morgan fingerprint density at radius 3 is 3.05 bits per heavy atom. The maximum Gasteiger partial charge on any atom is 0.240 e. The predicted octanol–water partition coefficient (Wildman–Crippen LogP) is 1.41. The van der Waals surface area contributed by atoms with Gasteiger partial charge in [0.2, 0.25) is 5.91 Å². The fraction of sp³-hybridized carbons (Fsp3) is 0.533. The number of hydrogen-bond donors (Lipinski definition) is 1. The van der Waals surface area contributed by atoms with Gasteiger partial charge in [-0.05, 0) is 24.9 Å². The van der Waals surface area contributed by atoms with Crippen LogP contribution >= 0.6 is 0 Å². The van der Waals surface area contributed by atoms with Gasteiger partial charge in [0, 0.05) is 12.1 Å². The standard InChI is InChI=1S/C15H20N2O2/c1-11-6-7-16-14(11)15(18)17-8-9-19-13-5-3-2-4-12(13)10-17/h2-5,11,14,16H,6-10H2,1H3. The normalized spacial score (nSPS) is 26.5. The minimum atomic E-state index is -0.0229. The monoisotopic (exact) mass is 260 g/mol. The number of rotatable bonds is 1. The highest BCUT2D eigenvalue weighted by atomic mass is 16.5. The Kier molecular flexibility index (Phi) is 3.42. The fourth-order valence-electron chi connectivity index (χ4n) is 2.88. The molecular weight excluding hydrogens is 240 g/mol. The molecule has 1 aromatic rings. The van der Waals surface area contributed by atoms with Crippen LogP contribution in [0.4, 0.5) is 0 Å². The molecule has 0 saturated carbocycles. The fourth-order valence-corrected chi connectivity index (χ4v) is 2.88. The summed E-state index contributed by atoms with van der Waals surface area (Å²) in [6.07, 6.45) is 1.08. The van der Waals surface area contributed by atoms with Crippen LogP contribution in [0, 0.1) is 5.92 Å². The minimum absolute atomic E-state index is 0.0229. The Bertz CT molecular complexity index is 475. The SMILES string of the molecule is CC1CCNC1C(=O)N1CCOc2ccccc2C1. The number of nitrogens with zero attached hydrogens (tertiary/aromatic N) is 1. The van der Waals surface area contributed by atoms with Crippen molar-refractivity contribution in [3.63, 3.8) is 0 Å². The average molecular weight is 260 g/mol. The summed E-state index contributed by atoms with van der Waals surface area (Å²) in [6, 6.07) is 7.95. The summed E-state index contributed by atoms with van der Waals surface area (Å²) in [5.74, 6) is 1.54.